The van der Waals surface area contributed by atoms with Gasteiger partial charge in [0.05, 0.1) is 12.5 Å². The van der Waals surface area contributed by atoms with Crippen LogP contribution in [0, 0.1) is 5.92 Å². The topological polar surface area (TPSA) is 50.4 Å². The molecule has 0 aromatic rings. The third-order valence-electron chi connectivity index (χ3n) is 3.98. The minimum Gasteiger partial charge on any atom is -0.378 e. The van der Waals surface area contributed by atoms with Crippen molar-refractivity contribution in [2.45, 2.75) is 57.7 Å². The van der Waals surface area contributed by atoms with Crippen LogP contribution in [0.3, 0.4) is 0 Å². The monoisotopic (exact) mass is 240 g/mol. The summed E-state index contributed by atoms with van der Waals surface area (Å²) in [5, 5.41) is 6.58. The van der Waals surface area contributed by atoms with Gasteiger partial charge < -0.3 is 15.4 Å². The molecular weight excluding hydrogens is 216 g/mol. The molecule has 98 valence electrons. The van der Waals surface area contributed by atoms with Gasteiger partial charge in [0.15, 0.2) is 0 Å². The molecule has 2 rings (SSSR count). The quantitative estimate of drug-likeness (QED) is 0.775. The highest BCUT2D eigenvalue weighted by Crippen LogP contribution is 2.18. The lowest BCUT2D eigenvalue weighted by atomic mass is 9.89. The van der Waals surface area contributed by atoms with Gasteiger partial charge in [0.25, 0.3) is 0 Å². The van der Waals surface area contributed by atoms with Crippen LogP contribution in [-0.4, -0.2) is 37.2 Å². The average Bonchev–Trinajstić information content (AvgIpc) is 2.76. The highest BCUT2D eigenvalue weighted by Gasteiger charge is 2.29. The predicted octanol–water partition coefficient (Wildman–Crippen LogP) is 1.06. The molecular formula is C13H24N2O2. The molecule has 2 fully saturated rings. The molecule has 2 N–H and O–H groups in total. The largest absolute Gasteiger partial charge is 0.378 e. The van der Waals surface area contributed by atoms with Gasteiger partial charge in [-0.2, -0.15) is 0 Å². The van der Waals surface area contributed by atoms with Crippen molar-refractivity contribution in [2.75, 3.05) is 13.2 Å². The third kappa shape index (κ3) is 3.42. The van der Waals surface area contributed by atoms with Crippen LogP contribution in [0.1, 0.15) is 39.5 Å². The van der Waals surface area contributed by atoms with Crippen LogP contribution >= 0.6 is 0 Å². The second-order valence-electron chi connectivity index (χ2n) is 5.44. The van der Waals surface area contributed by atoms with Gasteiger partial charge in [0, 0.05) is 18.7 Å². The molecule has 1 amide bonds. The van der Waals surface area contributed by atoms with Crippen molar-refractivity contribution in [3.63, 3.8) is 0 Å². The summed E-state index contributed by atoms with van der Waals surface area (Å²) >= 11 is 0. The Morgan fingerprint density at radius 2 is 2.24 bits per heavy atom. The van der Waals surface area contributed by atoms with E-state index in [0.29, 0.717) is 18.4 Å². The summed E-state index contributed by atoms with van der Waals surface area (Å²) < 4.78 is 5.49. The molecule has 4 nitrogen and oxygen atoms in total. The number of carbonyl (C=O) groups excluding carboxylic acids is 1. The smallest absolute Gasteiger partial charge is 0.222 e. The maximum Gasteiger partial charge on any atom is 0.222 e. The maximum atomic E-state index is 11.9. The van der Waals surface area contributed by atoms with E-state index in [1.54, 1.807) is 0 Å². The molecule has 2 aliphatic heterocycles. The summed E-state index contributed by atoms with van der Waals surface area (Å²) in [6.45, 7) is 6.23. The number of nitrogens with one attached hydrogen (secondary N) is 2. The normalized spacial score (nSPS) is 38.0. The molecule has 0 aliphatic carbocycles. The number of ether oxygens (including phenoxy) is 1. The zero-order chi connectivity index (χ0) is 12.3. The fourth-order valence-electron chi connectivity index (χ4n) is 2.86. The molecule has 0 bridgehead atoms. The van der Waals surface area contributed by atoms with Gasteiger partial charge >= 0.3 is 0 Å². The van der Waals surface area contributed by atoms with Gasteiger partial charge in [0.1, 0.15) is 0 Å². The Morgan fingerprint density at radius 3 is 2.88 bits per heavy atom. The van der Waals surface area contributed by atoms with E-state index < -0.39 is 0 Å². The molecule has 2 saturated heterocycles. The molecule has 2 heterocycles. The highest BCUT2D eigenvalue weighted by molar-refractivity contribution is 5.77. The summed E-state index contributed by atoms with van der Waals surface area (Å²) in [4.78, 5) is 11.9. The van der Waals surface area contributed by atoms with Crippen LogP contribution in [0.25, 0.3) is 0 Å². The van der Waals surface area contributed by atoms with Gasteiger partial charge in [-0.25, -0.2) is 0 Å². The standard InChI is InChI=1S/C13H24N2O2/c1-9-5-6-14-10(2)13(9)15-12(16)8-11-4-3-7-17-11/h9-11,13-14H,3-8H2,1-2H3,(H,15,16). The molecule has 4 heteroatoms. The highest BCUT2D eigenvalue weighted by atomic mass is 16.5. The van der Waals surface area contributed by atoms with Gasteiger partial charge in [-0.1, -0.05) is 6.92 Å². The first-order valence-electron chi connectivity index (χ1n) is 6.81. The number of carbonyl (C=O) groups is 1. The van der Waals surface area contributed by atoms with Crippen molar-refractivity contribution in [1.29, 1.82) is 0 Å². The van der Waals surface area contributed by atoms with Crippen molar-refractivity contribution in [3.8, 4) is 0 Å². The van der Waals surface area contributed by atoms with E-state index in [2.05, 4.69) is 24.5 Å². The lowest BCUT2D eigenvalue weighted by molar-refractivity contribution is -0.124. The molecule has 0 aromatic carbocycles. The third-order valence-corrected chi connectivity index (χ3v) is 3.98. The molecule has 4 atom stereocenters. The van der Waals surface area contributed by atoms with E-state index in [-0.39, 0.29) is 18.1 Å². The van der Waals surface area contributed by atoms with Crippen LogP contribution in [-0.2, 0) is 9.53 Å². The van der Waals surface area contributed by atoms with E-state index in [4.69, 9.17) is 4.74 Å². The van der Waals surface area contributed by atoms with Crippen molar-refractivity contribution < 1.29 is 9.53 Å². The molecule has 0 spiro atoms. The molecule has 0 aromatic heterocycles. The molecule has 0 radical (unpaired) electrons. The van der Waals surface area contributed by atoms with Crippen molar-refractivity contribution in [1.82, 2.24) is 10.6 Å². The Morgan fingerprint density at radius 1 is 1.41 bits per heavy atom. The van der Waals surface area contributed by atoms with E-state index >= 15 is 0 Å². The lowest BCUT2D eigenvalue weighted by Crippen LogP contribution is -2.56. The molecule has 2 aliphatic rings. The molecule has 4 unspecified atom stereocenters. The average molecular weight is 240 g/mol. The lowest BCUT2D eigenvalue weighted by Gasteiger charge is -2.36. The van der Waals surface area contributed by atoms with E-state index in [9.17, 15) is 4.79 Å². The SMILES string of the molecule is CC1CCNC(C)C1NC(=O)CC1CCCO1. The Kier molecular flexibility index (Phi) is 4.40. The van der Waals surface area contributed by atoms with Gasteiger partial charge in [-0.3, -0.25) is 4.79 Å². The predicted molar refractivity (Wildman–Crippen MR) is 66.8 cm³/mol. The Bertz CT molecular complexity index is 254. The van der Waals surface area contributed by atoms with Crippen LogP contribution in [0.4, 0.5) is 0 Å². The first-order valence-corrected chi connectivity index (χ1v) is 6.81. The van der Waals surface area contributed by atoms with Gasteiger partial charge in [-0.15, -0.1) is 0 Å². The van der Waals surface area contributed by atoms with Crippen LogP contribution < -0.4 is 10.6 Å². The Hall–Kier alpha value is -0.610. The zero-order valence-corrected chi connectivity index (χ0v) is 10.9. The van der Waals surface area contributed by atoms with Crippen molar-refractivity contribution >= 4 is 5.91 Å². The fraction of sp³-hybridized carbons (Fsp3) is 0.923. The minimum atomic E-state index is 0.143. The second kappa shape index (κ2) is 5.83. The Balaban J connectivity index is 1.79. The summed E-state index contributed by atoms with van der Waals surface area (Å²) in [6, 6.07) is 0.629. The number of hydrogen-bond acceptors (Lipinski definition) is 3. The van der Waals surface area contributed by atoms with Crippen molar-refractivity contribution in [2.24, 2.45) is 5.92 Å². The number of hydrogen-bond donors (Lipinski definition) is 2. The van der Waals surface area contributed by atoms with E-state index in [0.717, 1.165) is 32.4 Å². The summed E-state index contributed by atoms with van der Waals surface area (Å²) in [5.74, 6) is 0.698. The van der Waals surface area contributed by atoms with E-state index in [1.807, 2.05) is 0 Å². The number of piperidine rings is 1. The second-order valence-corrected chi connectivity index (χ2v) is 5.44. The maximum absolute atomic E-state index is 11.9. The Labute approximate surface area is 103 Å². The number of amides is 1. The van der Waals surface area contributed by atoms with Gasteiger partial charge in [0.2, 0.25) is 5.91 Å². The molecule has 17 heavy (non-hydrogen) atoms. The number of rotatable bonds is 3. The van der Waals surface area contributed by atoms with Crippen LogP contribution in [0.15, 0.2) is 0 Å². The minimum absolute atomic E-state index is 0.143. The summed E-state index contributed by atoms with van der Waals surface area (Å²) in [5.41, 5.74) is 0. The first-order chi connectivity index (χ1) is 8.16. The van der Waals surface area contributed by atoms with Crippen LogP contribution in [0.5, 0.6) is 0 Å². The molecule has 0 saturated carbocycles. The summed E-state index contributed by atoms with van der Waals surface area (Å²) in [7, 11) is 0. The van der Waals surface area contributed by atoms with E-state index in [1.165, 1.54) is 0 Å². The zero-order valence-electron chi connectivity index (χ0n) is 10.9. The fourth-order valence-corrected chi connectivity index (χ4v) is 2.86. The van der Waals surface area contributed by atoms with Crippen molar-refractivity contribution in [3.05, 3.63) is 0 Å². The van der Waals surface area contributed by atoms with Gasteiger partial charge in [-0.05, 0) is 38.6 Å². The van der Waals surface area contributed by atoms with Crippen LogP contribution in [0.2, 0.25) is 0 Å². The summed E-state index contributed by atoms with van der Waals surface area (Å²) in [6.07, 6.45) is 3.93. The first kappa shape index (κ1) is 12.8.